The Labute approximate surface area is 207 Å². The minimum atomic E-state index is -2.84. The first-order chi connectivity index (χ1) is 17.4. The Kier molecular flexibility index (Phi) is 7.59. The molecular weight excluding hydrogens is 466 g/mol. The number of aliphatic imine (C=N–C) groups is 1. The van der Waals surface area contributed by atoms with Crippen LogP contribution in [-0.2, 0) is 0 Å². The standard InChI is InChI=1S/C25H26F2N8O/c1-28-21-19(16-8-6-5-7-9-16)12-18(13-20(21)35(4)11-10-34(2)3)31-25-29-14-17(15-30-25)23-32-33-24(36-23)22(26)27/h5-9,12-15,22H,1,10-11H2,2-4H3,(H,29,30,31). The number of halogens is 2. The van der Waals surface area contributed by atoms with Crippen molar-refractivity contribution in [3.8, 4) is 22.6 Å². The lowest BCUT2D eigenvalue weighted by Crippen LogP contribution is -2.28. The van der Waals surface area contributed by atoms with Gasteiger partial charge in [0.15, 0.2) is 0 Å². The van der Waals surface area contributed by atoms with Gasteiger partial charge in [-0.3, -0.25) is 4.99 Å². The molecule has 0 fully saturated rings. The fraction of sp³-hybridized carbons (Fsp3) is 0.240. The molecule has 0 amide bonds. The summed E-state index contributed by atoms with van der Waals surface area (Å²) in [6, 6.07) is 13.9. The third kappa shape index (κ3) is 5.69. The second-order valence-electron chi connectivity index (χ2n) is 8.31. The van der Waals surface area contributed by atoms with Gasteiger partial charge in [-0.2, -0.15) is 8.78 Å². The molecule has 2 heterocycles. The molecule has 2 aromatic heterocycles. The van der Waals surface area contributed by atoms with Gasteiger partial charge in [0.25, 0.3) is 11.8 Å². The zero-order chi connectivity index (χ0) is 25.7. The quantitative estimate of drug-likeness (QED) is 0.302. The summed E-state index contributed by atoms with van der Waals surface area (Å²) >= 11 is 0. The minimum Gasteiger partial charge on any atom is -0.415 e. The van der Waals surface area contributed by atoms with Crippen LogP contribution in [0, 0.1) is 0 Å². The number of nitrogens with one attached hydrogen (secondary N) is 1. The average Bonchev–Trinajstić information content (AvgIpc) is 3.38. The summed E-state index contributed by atoms with van der Waals surface area (Å²) < 4.78 is 30.4. The molecule has 36 heavy (non-hydrogen) atoms. The van der Waals surface area contributed by atoms with E-state index in [0.29, 0.717) is 11.5 Å². The number of likely N-dealkylation sites (N-methyl/N-ethyl adjacent to an activating group) is 2. The largest absolute Gasteiger partial charge is 0.415 e. The number of hydrogen-bond acceptors (Lipinski definition) is 9. The van der Waals surface area contributed by atoms with Crippen LogP contribution in [0.5, 0.6) is 0 Å². The lowest BCUT2D eigenvalue weighted by atomic mass is 10.0. The highest BCUT2D eigenvalue weighted by Crippen LogP contribution is 2.41. The number of alkyl halides is 2. The molecule has 11 heteroatoms. The second kappa shape index (κ2) is 11.0. The third-order valence-corrected chi connectivity index (χ3v) is 5.41. The fourth-order valence-electron chi connectivity index (χ4n) is 3.53. The maximum atomic E-state index is 12.7. The van der Waals surface area contributed by atoms with Crippen molar-refractivity contribution >= 4 is 29.7 Å². The van der Waals surface area contributed by atoms with Gasteiger partial charge >= 0.3 is 6.43 Å². The van der Waals surface area contributed by atoms with Crippen molar-refractivity contribution in [1.29, 1.82) is 0 Å². The van der Waals surface area contributed by atoms with Crippen LogP contribution in [0.15, 0.2) is 64.3 Å². The molecule has 0 aliphatic rings. The predicted molar refractivity (Wildman–Crippen MR) is 136 cm³/mol. The van der Waals surface area contributed by atoms with E-state index in [9.17, 15) is 8.78 Å². The van der Waals surface area contributed by atoms with Gasteiger partial charge < -0.3 is 19.5 Å². The van der Waals surface area contributed by atoms with Gasteiger partial charge in [-0.25, -0.2) is 9.97 Å². The Morgan fingerprint density at radius 1 is 1.00 bits per heavy atom. The number of aromatic nitrogens is 4. The Morgan fingerprint density at radius 3 is 2.33 bits per heavy atom. The summed E-state index contributed by atoms with van der Waals surface area (Å²) in [6.45, 7) is 5.46. The molecule has 9 nitrogen and oxygen atoms in total. The maximum Gasteiger partial charge on any atom is 0.314 e. The van der Waals surface area contributed by atoms with Crippen LogP contribution in [0.4, 0.5) is 31.8 Å². The highest BCUT2D eigenvalue weighted by atomic mass is 19.3. The Morgan fingerprint density at radius 2 is 1.72 bits per heavy atom. The van der Waals surface area contributed by atoms with Crippen molar-refractivity contribution in [2.24, 2.45) is 4.99 Å². The SMILES string of the molecule is C=Nc1c(-c2ccccc2)cc(Nc2ncc(-c3nnc(C(F)F)o3)cn2)cc1N(C)CCN(C)C. The maximum absolute atomic E-state index is 12.7. The highest BCUT2D eigenvalue weighted by Gasteiger charge is 2.18. The van der Waals surface area contributed by atoms with Crippen LogP contribution in [0.3, 0.4) is 0 Å². The molecule has 4 rings (SSSR count). The molecule has 0 saturated heterocycles. The van der Waals surface area contributed by atoms with Crippen LogP contribution < -0.4 is 10.2 Å². The molecule has 0 spiro atoms. The number of anilines is 3. The Hall–Kier alpha value is -4.25. The summed E-state index contributed by atoms with van der Waals surface area (Å²) in [7, 11) is 6.06. The molecule has 0 atom stereocenters. The van der Waals surface area contributed by atoms with Crippen molar-refractivity contribution in [3.05, 3.63) is 60.7 Å². The van der Waals surface area contributed by atoms with Crippen LogP contribution in [-0.4, -0.2) is 66.0 Å². The lowest BCUT2D eigenvalue weighted by molar-refractivity contribution is 0.116. The van der Waals surface area contributed by atoms with E-state index in [4.69, 9.17) is 4.42 Å². The summed E-state index contributed by atoms with van der Waals surface area (Å²) in [6.07, 6.45) is 0.0185. The van der Waals surface area contributed by atoms with Gasteiger partial charge in [-0.05, 0) is 38.5 Å². The van der Waals surface area contributed by atoms with Crippen LogP contribution in [0.1, 0.15) is 12.3 Å². The smallest absolute Gasteiger partial charge is 0.314 e. The van der Waals surface area contributed by atoms with E-state index in [-0.39, 0.29) is 5.89 Å². The first-order valence-electron chi connectivity index (χ1n) is 11.1. The first-order valence-corrected chi connectivity index (χ1v) is 11.1. The van der Waals surface area contributed by atoms with Crippen molar-refractivity contribution in [2.45, 2.75) is 6.43 Å². The van der Waals surface area contributed by atoms with Crippen molar-refractivity contribution in [1.82, 2.24) is 25.1 Å². The Bertz CT molecular complexity index is 1310. The topological polar surface area (TPSA) is 95.6 Å². The molecular formula is C25H26F2N8O. The van der Waals surface area contributed by atoms with Crippen LogP contribution >= 0.6 is 0 Å². The molecule has 186 valence electrons. The highest BCUT2D eigenvalue weighted by molar-refractivity contribution is 5.90. The third-order valence-electron chi connectivity index (χ3n) is 5.41. The number of rotatable bonds is 10. The van der Waals surface area contributed by atoms with E-state index in [2.05, 4.69) is 47.0 Å². The van der Waals surface area contributed by atoms with Gasteiger partial charge in [-0.1, -0.05) is 30.3 Å². The molecule has 0 unspecified atom stereocenters. The van der Waals surface area contributed by atoms with Crippen LogP contribution in [0.2, 0.25) is 0 Å². The summed E-state index contributed by atoms with van der Waals surface area (Å²) in [5.74, 6) is -0.510. The molecule has 0 aliphatic heterocycles. The van der Waals surface area contributed by atoms with Gasteiger partial charge in [0.2, 0.25) is 5.95 Å². The molecule has 4 aromatic rings. The summed E-state index contributed by atoms with van der Waals surface area (Å²) in [4.78, 5) is 17.2. The zero-order valence-electron chi connectivity index (χ0n) is 20.2. The monoisotopic (exact) mass is 492 g/mol. The van der Waals surface area contributed by atoms with E-state index in [1.165, 1.54) is 12.4 Å². The lowest BCUT2D eigenvalue weighted by Gasteiger charge is -2.25. The average molecular weight is 493 g/mol. The van der Waals surface area contributed by atoms with Crippen molar-refractivity contribution in [3.63, 3.8) is 0 Å². The summed E-state index contributed by atoms with van der Waals surface area (Å²) in [5.41, 5.74) is 4.66. The number of benzene rings is 2. The molecule has 0 aliphatic carbocycles. The minimum absolute atomic E-state index is 0.0746. The van der Waals surface area contributed by atoms with Gasteiger partial charge in [-0.15, -0.1) is 10.2 Å². The Balaban J connectivity index is 1.67. The normalized spacial score (nSPS) is 11.2. The van der Waals surface area contributed by atoms with Crippen molar-refractivity contribution in [2.75, 3.05) is 44.4 Å². The number of hydrogen-bond donors (Lipinski definition) is 1. The first kappa shape index (κ1) is 24.9. The van der Waals surface area contributed by atoms with E-state index >= 15 is 0 Å². The molecule has 1 N–H and O–H groups in total. The molecule has 0 saturated carbocycles. The molecule has 0 bridgehead atoms. The van der Waals surface area contributed by atoms with Gasteiger partial charge in [0.1, 0.15) is 0 Å². The predicted octanol–water partition coefficient (Wildman–Crippen LogP) is 5.20. The summed E-state index contributed by atoms with van der Waals surface area (Å²) in [5, 5.41) is 10.2. The van der Waals surface area contributed by atoms with E-state index < -0.39 is 12.3 Å². The van der Waals surface area contributed by atoms with E-state index in [1.807, 2.05) is 63.6 Å². The number of nitrogens with zero attached hydrogens (tertiary/aromatic N) is 7. The molecule has 0 radical (unpaired) electrons. The van der Waals surface area contributed by atoms with Gasteiger partial charge in [0.05, 0.1) is 16.9 Å². The van der Waals surface area contributed by atoms with E-state index in [1.54, 1.807) is 0 Å². The zero-order valence-corrected chi connectivity index (χ0v) is 20.2. The van der Waals surface area contributed by atoms with Gasteiger partial charge in [0, 0.05) is 43.8 Å². The van der Waals surface area contributed by atoms with Crippen molar-refractivity contribution < 1.29 is 13.2 Å². The van der Waals surface area contributed by atoms with E-state index in [0.717, 1.165) is 41.3 Å². The fourth-order valence-corrected chi connectivity index (χ4v) is 3.53. The molecule has 2 aromatic carbocycles. The second-order valence-corrected chi connectivity index (χ2v) is 8.31. The van der Waals surface area contributed by atoms with Crippen LogP contribution in [0.25, 0.3) is 22.6 Å².